The van der Waals surface area contributed by atoms with Crippen LogP contribution in [0.1, 0.15) is 23.3 Å². The van der Waals surface area contributed by atoms with Crippen LogP contribution in [0.2, 0.25) is 0 Å². The van der Waals surface area contributed by atoms with Crippen LogP contribution in [0.25, 0.3) is 0 Å². The molecule has 1 aliphatic heterocycles. The number of nitrogens with zero attached hydrogens (tertiary/aromatic N) is 2. The lowest BCUT2D eigenvalue weighted by Gasteiger charge is -2.29. The number of hydrogen-bond acceptors (Lipinski definition) is 4. The van der Waals surface area contributed by atoms with E-state index in [1.165, 1.54) is 6.20 Å². The Hall–Kier alpha value is -1.62. The Labute approximate surface area is 93.9 Å². The minimum Gasteiger partial charge on any atom is -0.399 e. The highest BCUT2D eigenvalue weighted by molar-refractivity contribution is 5.93. The van der Waals surface area contributed by atoms with E-state index in [0.29, 0.717) is 24.5 Å². The summed E-state index contributed by atoms with van der Waals surface area (Å²) in [4.78, 5) is 17.6. The summed E-state index contributed by atoms with van der Waals surface area (Å²) in [5.41, 5.74) is 6.46. The number of carbonyl (C=O) groups excluding carboxylic acids is 1. The van der Waals surface area contributed by atoms with Gasteiger partial charge in [-0.1, -0.05) is 0 Å². The van der Waals surface area contributed by atoms with E-state index in [9.17, 15) is 9.90 Å². The minimum absolute atomic E-state index is 0.161. The Kier molecular flexibility index (Phi) is 3.05. The second kappa shape index (κ2) is 4.49. The summed E-state index contributed by atoms with van der Waals surface area (Å²) in [6.07, 6.45) is 2.69. The van der Waals surface area contributed by atoms with Crippen LogP contribution in [0.15, 0.2) is 18.3 Å². The average molecular weight is 221 g/mol. The molecule has 86 valence electrons. The number of piperidine rings is 1. The lowest BCUT2D eigenvalue weighted by Crippen LogP contribution is -2.42. The van der Waals surface area contributed by atoms with E-state index in [2.05, 4.69) is 4.98 Å². The zero-order valence-corrected chi connectivity index (χ0v) is 8.97. The lowest BCUT2D eigenvalue weighted by atomic mass is 10.1. The van der Waals surface area contributed by atoms with Crippen LogP contribution in [0.5, 0.6) is 0 Å². The molecule has 16 heavy (non-hydrogen) atoms. The SMILES string of the molecule is Nc1ccnc(C(=O)N2CCCC(O)C2)c1. The van der Waals surface area contributed by atoms with Gasteiger partial charge in [-0.05, 0) is 25.0 Å². The standard InChI is InChI=1S/C11H15N3O2/c12-8-3-4-13-10(6-8)11(16)14-5-1-2-9(15)7-14/h3-4,6,9,15H,1-2,5,7H2,(H2,12,13). The maximum absolute atomic E-state index is 12.0. The van der Waals surface area contributed by atoms with Crippen molar-refractivity contribution in [3.8, 4) is 0 Å². The molecule has 5 heteroatoms. The maximum Gasteiger partial charge on any atom is 0.272 e. The topological polar surface area (TPSA) is 79.5 Å². The highest BCUT2D eigenvalue weighted by Gasteiger charge is 2.23. The van der Waals surface area contributed by atoms with E-state index in [-0.39, 0.29) is 5.91 Å². The second-order valence-electron chi connectivity index (χ2n) is 4.02. The van der Waals surface area contributed by atoms with Gasteiger partial charge in [0.05, 0.1) is 6.10 Å². The third-order valence-electron chi connectivity index (χ3n) is 2.69. The number of aliphatic hydroxyl groups is 1. The number of rotatable bonds is 1. The van der Waals surface area contributed by atoms with Gasteiger partial charge in [0.2, 0.25) is 0 Å². The molecule has 1 unspecified atom stereocenters. The van der Waals surface area contributed by atoms with Crippen molar-refractivity contribution in [3.05, 3.63) is 24.0 Å². The normalized spacial score (nSPS) is 20.8. The van der Waals surface area contributed by atoms with Gasteiger partial charge in [-0.3, -0.25) is 9.78 Å². The van der Waals surface area contributed by atoms with Crippen molar-refractivity contribution in [2.45, 2.75) is 18.9 Å². The van der Waals surface area contributed by atoms with Crippen molar-refractivity contribution in [2.24, 2.45) is 0 Å². The number of aromatic nitrogens is 1. The van der Waals surface area contributed by atoms with Crippen LogP contribution in [0.4, 0.5) is 5.69 Å². The molecular formula is C11H15N3O2. The van der Waals surface area contributed by atoms with E-state index in [4.69, 9.17) is 5.73 Å². The highest BCUT2D eigenvalue weighted by Crippen LogP contribution is 2.13. The first-order chi connectivity index (χ1) is 7.66. The van der Waals surface area contributed by atoms with Gasteiger partial charge in [0, 0.05) is 25.0 Å². The number of β-amino-alcohol motifs (C(OH)–C–C–N with tert-alkyl or cyclic N) is 1. The molecule has 0 spiro atoms. The van der Waals surface area contributed by atoms with Gasteiger partial charge in [-0.2, -0.15) is 0 Å². The molecular weight excluding hydrogens is 206 g/mol. The fourth-order valence-corrected chi connectivity index (χ4v) is 1.87. The Bertz CT molecular complexity index is 395. The minimum atomic E-state index is -0.418. The number of likely N-dealkylation sites (tertiary alicyclic amines) is 1. The molecule has 5 nitrogen and oxygen atoms in total. The van der Waals surface area contributed by atoms with Crippen LogP contribution < -0.4 is 5.73 Å². The van der Waals surface area contributed by atoms with Crippen molar-refractivity contribution < 1.29 is 9.90 Å². The van der Waals surface area contributed by atoms with Gasteiger partial charge in [0.1, 0.15) is 5.69 Å². The molecule has 0 aromatic carbocycles. The first-order valence-electron chi connectivity index (χ1n) is 5.35. The molecule has 1 aromatic heterocycles. The number of carbonyl (C=O) groups is 1. The molecule has 2 heterocycles. The van der Waals surface area contributed by atoms with Gasteiger partial charge >= 0.3 is 0 Å². The molecule has 0 radical (unpaired) electrons. The van der Waals surface area contributed by atoms with Crippen molar-refractivity contribution in [3.63, 3.8) is 0 Å². The third kappa shape index (κ3) is 2.30. The van der Waals surface area contributed by atoms with E-state index < -0.39 is 6.10 Å². The Morgan fingerprint density at radius 3 is 3.12 bits per heavy atom. The predicted molar refractivity (Wildman–Crippen MR) is 59.8 cm³/mol. The van der Waals surface area contributed by atoms with Gasteiger partial charge in [-0.25, -0.2) is 0 Å². The number of nitrogens with two attached hydrogens (primary N) is 1. The van der Waals surface area contributed by atoms with Gasteiger partial charge in [-0.15, -0.1) is 0 Å². The van der Waals surface area contributed by atoms with Crippen LogP contribution >= 0.6 is 0 Å². The Balaban J connectivity index is 2.12. The second-order valence-corrected chi connectivity index (χ2v) is 4.02. The summed E-state index contributed by atoms with van der Waals surface area (Å²) < 4.78 is 0. The van der Waals surface area contributed by atoms with E-state index in [0.717, 1.165) is 12.8 Å². The summed E-state index contributed by atoms with van der Waals surface area (Å²) in [5.74, 6) is -0.161. The quantitative estimate of drug-likeness (QED) is 0.713. The Morgan fingerprint density at radius 2 is 2.44 bits per heavy atom. The van der Waals surface area contributed by atoms with Crippen molar-refractivity contribution in [2.75, 3.05) is 18.8 Å². The number of anilines is 1. The molecule has 0 saturated carbocycles. The third-order valence-corrected chi connectivity index (χ3v) is 2.69. The number of aliphatic hydroxyl groups excluding tert-OH is 1. The van der Waals surface area contributed by atoms with Gasteiger partial charge in [0.15, 0.2) is 0 Å². The zero-order valence-electron chi connectivity index (χ0n) is 8.97. The monoisotopic (exact) mass is 221 g/mol. The smallest absolute Gasteiger partial charge is 0.272 e. The van der Waals surface area contributed by atoms with Crippen molar-refractivity contribution >= 4 is 11.6 Å². The molecule has 0 bridgehead atoms. The summed E-state index contributed by atoms with van der Waals surface area (Å²) in [5, 5.41) is 9.49. The maximum atomic E-state index is 12.0. The summed E-state index contributed by atoms with van der Waals surface area (Å²) in [6, 6.07) is 3.20. The fourth-order valence-electron chi connectivity index (χ4n) is 1.87. The molecule has 1 amide bonds. The Morgan fingerprint density at radius 1 is 1.62 bits per heavy atom. The van der Waals surface area contributed by atoms with E-state index in [1.54, 1.807) is 17.0 Å². The largest absolute Gasteiger partial charge is 0.399 e. The molecule has 1 atom stereocenters. The van der Waals surface area contributed by atoms with Gasteiger partial charge < -0.3 is 15.7 Å². The number of pyridine rings is 1. The van der Waals surface area contributed by atoms with E-state index >= 15 is 0 Å². The van der Waals surface area contributed by atoms with Crippen molar-refractivity contribution in [1.29, 1.82) is 0 Å². The fraction of sp³-hybridized carbons (Fsp3) is 0.455. The molecule has 1 saturated heterocycles. The van der Waals surface area contributed by atoms with Crippen molar-refractivity contribution in [1.82, 2.24) is 9.88 Å². The van der Waals surface area contributed by atoms with Crippen LogP contribution in [-0.4, -0.2) is 40.1 Å². The molecule has 3 N–H and O–H groups in total. The lowest BCUT2D eigenvalue weighted by molar-refractivity contribution is 0.0469. The predicted octanol–water partition coefficient (Wildman–Crippen LogP) is 0.261. The first kappa shape index (κ1) is 10.9. The van der Waals surface area contributed by atoms with Gasteiger partial charge in [0.25, 0.3) is 5.91 Å². The number of amides is 1. The van der Waals surface area contributed by atoms with Crippen LogP contribution in [-0.2, 0) is 0 Å². The summed E-state index contributed by atoms with van der Waals surface area (Å²) >= 11 is 0. The van der Waals surface area contributed by atoms with Crippen LogP contribution in [0, 0.1) is 0 Å². The summed E-state index contributed by atoms with van der Waals surface area (Å²) in [6.45, 7) is 1.06. The van der Waals surface area contributed by atoms with Crippen LogP contribution in [0.3, 0.4) is 0 Å². The highest BCUT2D eigenvalue weighted by atomic mass is 16.3. The van der Waals surface area contributed by atoms with E-state index in [1.807, 2.05) is 0 Å². The molecule has 1 aliphatic rings. The molecule has 1 fully saturated rings. The molecule has 0 aliphatic carbocycles. The average Bonchev–Trinajstić information content (AvgIpc) is 2.28. The molecule has 1 aromatic rings. The zero-order chi connectivity index (χ0) is 11.5. The number of nitrogen functional groups attached to an aromatic ring is 1. The summed E-state index contributed by atoms with van der Waals surface area (Å²) in [7, 11) is 0. The molecule has 2 rings (SSSR count). The number of hydrogen-bond donors (Lipinski definition) is 2. The first-order valence-corrected chi connectivity index (χ1v) is 5.35.